The summed E-state index contributed by atoms with van der Waals surface area (Å²) in [6.07, 6.45) is 1.46. The molecule has 0 aromatic heterocycles. The van der Waals surface area contributed by atoms with Crippen molar-refractivity contribution in [1.82, 2.24) is 4.90 Å². The van der Waals surface area contributed by atoms with Gasteiger partial charge in [0.25, 0.3) is 12.2 Å². The van der Waals surface area contributed by atoms with Gasteiger partial charge in [0.15, 0.2) is 0 Å². The van der Waals surface area contributed by atoms with Crippen LogP contribution in [0.5, 0.6) is 0 Å². The molecular weight excluding hydrogens is 346 g/mol. The van der Waals surface area contributed by atoms with Gasteiger partial charge in [0, 0.05) is 23.5 Å². The van der Waals surface area contributed by atoms with Crippen LogP contribution in [0.2, 0.25) is 0 Å². The summed E-state index contributed by atoms with van der Waals surface area (Å²) in [5.74, 6) is -1.15. The van der Waals surface area contributed by atoms with E-state index in [1.54, 1.807) is 20.8 Å². The summed E-state index contributed by atoms with van der Waals surface area (Å²) in [5.41, 5.74) is 3.82. The molecule has 0 radical (unpaired) electrons. The molecule has 6 nitrogen and oxygen atoms in total. The molecule has 0 bridgehead atoms. The smallest absolute Gasteiger partial charge is 0.337 e. The first-order valence-corrected chi connectivity index (χ1v) is 9.12. The minimum atomic E-state index is -0.830. The molecule has 1 fully saturated rings. The monoisotopic (exact) mass is 367 g/mol. The number of nitrogens with zero attached hydrogens (tertiary/aromatic N) is 1. The number of benzene rings is 1. The molecule has 2 amide bonds. The summed E-state index contributed by atoms with van der Waals surface area (Å²) in [7, 11) is 0. The number of hydrogen-bond acceptors (Lipinski definition) is 5. The van der Waals surface area contributed by atoms with E-state index < -0.39 is 12.3 Å². The van der Waals surface area contributed by atoms with E-state index in [1.807, 2.05) is 24.3 Å². The predicted molar refractivity (Wildman–Crippen MR) is 96.2 cm³/mol. The van der Waals surface area contributed by atoms with Gasteiger partial charge in [-0.15, -0.1) is 0 Å². The molecule has 6 heteroatoms. The van der Waals surface area contributed by atoms with Gasteiger partial charge in [-0.3, -0.25) is 14.5 Å². The molecule has 3 atom stereocenters. The molecule has 3 unspecified atom stereocenters. The van der Waals surface area contributed by atoms with Gasteiger partial charge in [-0.25, -0.2) is 4.79 Å². The van der Waals surface area contributed by atoms with Gasteiger partial charge in [-0.05, 0) is 31.4 Å². The maximum absolute atomic E-state index is 13.0. The highest BCUT2D eigenvalue weighted by Crippen LogP contribution is 2.47. The van der Waals surface area contributed by atoms with Gasteiger partial charge < -0.3 is 9.47 Å². The van der Waals surface area contributed by atoms with E-state index in [0.717, 1.165) is 11.1 Å². The Bertz CT molecular complexity index is 913. The zero-order valence-corrected chi connectivity index (χ0v) is 15.5. The Morgan fingerprint density at radius 1 is 1.30 bits per heavy atom. The van der Waals surface area contributed by atoms with Crippen LogP contribution in [0.15, 0.2) is 47.2 Å². The number of cyclic esters (lactones) is 1. The quantitative estimate of drug-likeness (QED) is 0.466. The van der Waals surface area contributed by atoms with Crippen molar-refractivity contribution in [3.8, 4) is 0 Å². The van der Waals surface area contributed by atoms with Crippen molar-refractivity contribution in [2.75, 3.05) is 0 Å². The molecular formula is C21H21NO5. The minimum absolute atomic E-state index is 0.189. The number of carbonyl (C=O) groups is 3. The van der Waals surface area contributed by atoms with E-state index in [1.165, 1.54) is 11.2 Å². The fourth-order valence-electron chi connectivity index (χ4n) is 4.08. The van der Waals surface area contributed by atoms with Crippen LogP contribution in [0.4, 0.5) is 0 Å². The van der Waals surface area contributed by atoms with E-state index in [4.69, 9.17) is 9.47 Å². The topological polar surface area (TPSA) is 72.9 Å². The number of esters is 1. The Hall–Kier alpha value is -2.89. The average molecular weight is 367 g/mol. The summed E-state index contributed by atoms with van der Waals surface area (Å²) in [6.45, 7) is 5.19. The highest BCUT2D eigenvalue weighted by molar-refractivity contribution is 6.08. The van der Waals surface area contributed by atoms with Gasteiger partial charge in [-0.2, -0.15) is 0 Å². The van der Waals surface area contributed by atoms with Gasteiger partial charge in [0.05, 0.1) is 17.9 Å². The van der Waals surface area contributed by atoms with Crippen LogP contribution < -0.4 is 0 Å². The first-order valence-electron chi connectivity index (χ1n) is 9.12. The van der Waals surface area contributed by atoms with Gasteiger partial charge >= 0.3 is 5.97 Å². The van der Waals surface area contributed by atoms with Crippen molar-refractivity contribution in [2.24, 2.45) is 0 Å². The largest absolute Gasteiger partial charge is 0.458 e. The summed E-state index contributed by atoms with van der Waals surface area (Å²) < 4.78 is 10.9. The number of imide groups is 1. The number of rotatable bonds is 3. The SMILES string of the molecule is CCC(=O)N1C(=O)/C(=C/OC2OC(=O)C(C)=C2C)C2c3ccccc3CC21. The number of fused-ring (bicyclic) bond motifs is 3. The molecule has 1 saturated heterocycles. The second-order valence-corrected chi connectivity index (χ2v) is 7.12. The highest BCUT2D eigenvalue weighted by Gasteiger charge is 2.51. The summed E-state index contributed by atoms with van der Waals surface area (Å²) in [6, 6.07) is 7.69. The number of carbonyl (C=O) groups excluding carboxylic acids is 3. The number of hydrogen-bond donors (Lipinski definition) is 0. The maximum Gasteiger partial charge on any atom is 0.337 e. The summed E-state index contributed by atoms with van der Waals surface area (Å²) in [5, 5.41) is 0. The second kappa shape index (κ2) is 6.37. The van der Waals surface area contributed by atoms with Crippen LogP contribution in [0.3, 0.4) is 0 Å². The van der Waals surface area contributed by atoms with Crippen LogP contribution in [0.1, 0.15) is 44.2 Å². The fraction of sp³-hybridized carbons (Fsp3) is 0.381. The lowest BCUT2D eigenvalue weighted by Gasteiger charge is -2.20. The Morgan fingerprint density at radius 2 is 2.04 bits per heavy atom. The molecule has 27 heavy (non-hydrogen) atoms. The van der Waals surface area contributed by atoms with E-state index in [2.05, 4.69) is 0 Å². The van der Waals surface area contributed by atoms with Crippen molar-refractivity contribution >= 4 is 17.8 Å². The van der Waals surface area contributed by atoms with E-state index in [0.29, 0.717) is 23.1 Å². The third kappa shape index (κ3) is 2.59. The zero-order chi connectivity index (χ0) is 19.3. The van der Waals surface area contributed by atoms with Crippen molar-refractivity contribution in [3.05, 3.63) is 58.4 Å². The normalized spacial score (nSPS) is 27.9. The molecule has 1 aromatic rings. The van der Waals surface area contributed by atoms with E-state index in [-0.39, 0.29) is 30.2 Å². The van der Waals surface area contributed by atoms with Crippen LogP contribution in [-0.4, -0.2) is 35.0 Å². The third-order valence-electron chi connectivity index (χ3n) is 5.69. The first-order chi connectivity index (χ1) is 12.9. The molecule has 0 spiro atoms. The van der Waals surface area contributed by atoms with Crippen molar-refractivity contribution in [1.29, 1.82) is 0 Å². The second-order valence-electron chi connectivity index (χ2n) is 7.12. The van der Waals surface area contributed by atoms with E-state index in [9.17, 15) is 14.4 Å². The molecule has 0 N–H and O–H groups in total. The molecule has 4 rings (SSSR count). The molecule has 0 saturated carbocycles. The molecule has 2 heterocycles. The summed E-state index contributed by atoms with van der Waals surface area (Å²) >= 11 is 0. The molecule has 1 aromatic carbocycles. The summed E-state index contributed by atoms with van der Waals surface area (Å²) in [4.78, 5) is 38.5. The standard InChI is InChI=1S/C21H21NO5/c1-4-17(23)22-16-9-13-7-5-6-8-14(13)18(16)15(19(22)24)10-26-21-12(3)11(2)20(25)27-21/h5-8,10,16,18,21H,4,9H2,1-3H3/b15-10+. The maximum atomic E-state index is 13.0. The van der Waals surface area contributed by atoms with Gasteiger partial charge in [-0.1, -0.05) is 31.2 Å². The van der Waals surface area contributed by atoms with Crippen molar-refractivity contribution < 1.29 is 23.9 Å². The first kappa shape index (κ1) is 17.5. The average Bonchev–Trinajstić information content (AvgIpc) is 3.24. The third-order valence-corrected chi connectivity index (χ3v) is 5.69. The zero-order valence-electron chi connectivity index (χ0n) is 15.5. The number of likely N-dealkylation sites (tertiary alicyclic amines) is 1. The highest BCUT2D eigenvalue weighted by atomic mass is 16.7. The lowest BCUT2D eigenvalue weighted by molar-refractivity contribution is -0.153. The van der Waals surface area contributed by atoms with Crippen molar-refractivity contribution in [2.45, 2.75) is 51.9 Å². The van der Waals surface area contributed by atoms with Crippen LogP contribution >= 0.6 is 0 Å². The Labute approximate surface area is 157 Å². The Kier molecular flexibility index (Phi) is 4.13. The van der Waals surface area contributed by atoms with Crippen molar-refractivity contribution in [3.63, 3.8) is 0 Å². The van der Waals surface area contributed by atoms with Gasteiger partial charge in [0.2, 0.25) is 5.91 Å². The lowest BCUT2D eigenvalue weighted by atomic mass is 9.94. The number of amides is 2. The predicted octanol–water partition coefficient (Wildman–Crippen LogP) is 2.59. The Balaban J connectivity index is 1.70. The van der Waals surface area contributed by atoms with E-state index >= 15 is 0 Å². The van der Waals surface area contributed by atoms with Gasteiger partial charge in [0.1, 0.15) is 0 Å². The fourth-order valence-corrected chi connectivity index (χ4v) is 4.08. The Morgan fingerprint density at radius 3 is 2.70 bits per heavy atom. The minimum Gasteiger partial charge on any atom is -0.458 e. The van der Waals surface area contributed by atoms with Crippen LogP contribution in [0.25, 0.3) is 0 Å². The van der Waals surface area contributed by atoms with Crippen LogP contribution in [0, 0.1) is 0 Å². The molecule has 3 aliphatic rings. The lowest BCUT2D eigenvalue weighted by Crippen LogP contribution is -2.39. The molecule has 1 aliphatic carbocycles. The molecule has 140 valence electrons. The number of ether oxygens (including phenoxy) is 2. The van der Waals surface area contributed by atoms with Crippen LogP contribution in [-0.2, 0) is 30.3 Å². The molecule has 2 aliphatic heterocycles.